The average Bonchev–Trinajstić information content (AvgIpc) is 2.56. The number of hydrogen-bond acceptors (Lipinski definition) is 3. The van der Waals surface area contributed by atoms with Gasteiger partial charge in [0.05, 0.1) is 22.6 Å². The third-order valence-corrected chi connectivity index (χ3v) is 3.50. The fourth-order valence-electron chi connectivity index (χ4n) is 1.88. The molecular weight excluding hydrogens is 308 g/mol. The van der Waals surface area contributed by atoms with Gasteiger partial charge >= 0.3 is 0 Å². The number of amides is 1. The molecule has 0 aliphatic heterocycles. The van der Waals surface area contributed by atoms with Crippen LogP contribution < -0.4 is 11.1 Å². The van der Waals surface area contributed by atoms with Gasteiger partial charge in [-0.1, -0.05) is 15.9 Å². The van der Waals surface area contributed by atoms with Gasteiger partial charge in [0.2, 0.25) is 0 Å². The molecule has 0 aliphatic rings. The maximum Gasteiger partial charge on any atom is 0.257 e. The highest BCUT2D eigenvalue weighted by atomic mass is 79.9. The van der Waals surface area contributed by atoms with Crippen LogP contribution in [0.15, 0.2) is 22.7 Å². The quantitative estimate of drug-likeness (QED) is 0.835. The topological polar surface area (TPSA) is 72.9 Å². The summed E-state index contributed by atoms with van der Waals surface area (Å²) in [4.78, 5) is 12.2. The minimum absolute atomic E-state index is 0.232. The standard InChI is InChI=1S/C13H15BrN4O/c1-7-12(8(2)18(3)17-7)16-13(19)10-5-4-9(14)6-11(10)15/h4-6H,15H2,1-3H3,(H,16,19). The molecule has 0 bridgehead atoms. The molecule has 0 atom stereocenters. The molecule has 2 rings (SSSR count). The summed E-state index contributed by atoms with van der Waals surface area (Å²) in [5.74, 6) is -0.232. The third kappa shape index (κ3) is 2.63. The van der Waals surface area contributed by atoms with Crippen molar-refractivity contribution in [2.45, 2.75) is 13.8 Å². The summed E-state index contributed by atoms with van der Waals surface area (Å²) in [7, 11) is 1.84. The summed E-state index contributed by atoms with van der Waals surface area (Å²) in [6, 6.07) is 5.18. The van der Waals surface area contributed by atoms with Crippen molar-refractivity contribution in [2.24, 2.45) is 7.05 Å². The second-order valence-electron chi connectivity index (χ2n) is 4.36. The Labute approximate surface area is 119 Å². The van der Waals surface area contributed by atoms with Gasteiger partial charge in [-0.15, -0.1) is 0 Å². The van der Waals surface area contributed by atoms with Crippen molar-refractivity contribution < 1.29 is 4.79 Å². The van der Waals surface area contributed by atoms with Crippen LogP contribution in [-0.4, -0.2) is 15.7 Å². The van der Waals surface area contributed by atoms with Crippen LogP contribution in [0.4, 0.5) is 11.4 Å². The molecule has 0 fully saturated rings. The number of anilines is 2. The summed E-state index contributed by atoms with van der Waals surface area (Å²) in [5.41, 5.74) is 9.15. The lowest BCUT2D eigenvalue weighted by molar-refractivity contribution is 0.102. The first-order valence-electron chi connectivity index (χ1n) is 5.76. The Morgan fingerprint density at radius 3 is 2.63 bits per heavy atom. The smallest absolute Gasteiger partial charge is 0.257 e. The number of aryl methyl sites for hydroxylation is 2. The first-order chi connectivity index (χ1) is 8.90. The van der Waals surface area contributed by atoms with E-state index in [1.807, 2.05) is 20.9 Å². The zero-order valence-electron chi connectivity index (χ0n) is 11.0. The second-order valence-corrected chi connectivity index (χ2v) is 5.27. The molecule has 1 aromatic heterocycles. The molecule has 0 aliphatic carbocycles. The van der Waals surface area contributed by atoms with Gasteiger partial charge in [-0.2, -0.15) is 5.10 Å². The molecule has 6 heteroatoms. The molecule has 0 radical (unpaired) electrons. The van der Waals surface area contributed by atoms with Crippen LogP contribution in [0.1, 0.15) is 21.7 Å². The zero-order chi connectivity index (χ0) is 14.2. The molecule has 2 aromatic rings. The minimum Gasteiger partial charge on any atom is -0.398 e. The maximum absolute atomic E-state index is 12.2. The van der Waals surface area contributed by atoms with Crippen LogP contribution in [-0.2, 0) is 7.05 Å². The van der Waals surface area contributed by atoms with Crippen LogP contribution in [0.2, 0.25) is 0 Å². The maximum atomic E-state index is 12.2. The van der Waals surface area contributed by atoms with Crippen LogP contribution in [0.5, 0.6) is 0 Å². The number of carbonyl (C=O) groups excluding carboxylic acids is 1. The number of nitrogens with one attached hydrogen (secondary N) is 1. The summed E-state index contributed by atoms with van der Waals surface area (Å²) in [6.45, 7) is 3.76. The van der Waals surface area contributed by atoms with E-state index in [0.717, 1.165) is 21.5 Å². The van der Waals surface area contributed by atoms with E-state index in [1.165, 1.54) is 0 Å². The average molecular weight is 323 g/mol. The van der Waals surface area contributed by atoms with E-state index in [9.17, 15) is 4.79 Å². The molecule has 0 saturated carbocycles. The largest absolute Gasteiger partial charge is 0.398 e. The number of halogens is 1. The summed E-state index contributed by atoms with van der Waals surface area (Å²) < 4.78 is 2.57. The normalized spacial score (nSPS) is 10.5. The zero-order valence-corrected chi connectivity index (χ0v) is 12.6. The molecule has 0 unspecified atom stereocenters. The Kier molecular flexibility index (Phi) is 3.61. The molecule has 19 heavy (non-hydrogen) atoms. The monoisotopic (exact) mass is 322 g/mol. The van der Waals surface area contributed by atoms with Gasteiger partial charge in [-0.3, -0.25) is 9.48 Å². The number of benzene rings is 1. The van der Waals surface area contributed by atoms with Gasteiger partial charge in [0.1, 0.15) is 0 Å². The van der Waals surface area contributed by atoms with Crippen molar-refractivity contribution >= 4 is 33.2 Å². The van der Waals surface area contributed by atoms with Gasteiger partial charge in [0, 0.05) is 17.2 Å². The number of carbonyl (C=O) groups is 1. The van der Waals surface area contributed by atoms with E-state index in [0.29, 0.717) is 11.3 Å². The van der Waals surface area contributed by atoms with Crippen molar-refractivity contribution in [3.63, 3.8) is 0 Å². The van der Waals surface area contributed by atoms with E-state index >= 15 is 0 Å². The predicted octanol–water partition coefficient (Wildman–Crippen LogP) is 2.63. The highest BCUT2D eigenvalue weighted by molar-refractivity contribution is 9.10. The number of nitrogens with zero attached hydrogens (tertiary/aromatic N) is 2. The van der Waals surface area contributed by atoms with Gasteiger partial charge in [-0.25, -0.2) is 0 Å². The van der Waals surface area contributed by atoms with Crippen molar-refractivity contribution in [1.29, 1.82) is 0 Å². The van der Waals surface area contributed by atoms with E-state index in [4.69, 9.17) is 5.73 Å². The van der Waals surface area contributed by atoms with Gasteiger partial charge < -0.3 is 11.1 Å². The minimum atomic E-state index is -0.232. The van der Waals surface area contributed by atoms with Gasteiger partial charge in [0.25, 0.3) is 5.91 Å². The third-order valence-electron chi connectivity index (χ3n) is 3.01. The molecule has 0 spiro atoms. The Morgan fingerprint density at radius 2 is 2.11 bits per heavy atom. The summed E-state index contributed by atoms with van der Waals surface area (Å²) in [6.07, 6.45) is 0. The number of hydrogen-bond donors (Lipinski definition) is 2. The predicted molar refractivity (Wildman–Crippen MR) is 79.2 cm³/mol. The van der Waals surface area contributed by atoms with Gasteiger partial charge in [-0.05, 0) is 32.0 Å². The van der Waals surface area contributed by atoms with Crippen LogP contribution in [0.3, 0.4) is 0 Å². The van der Waals surface area contributed by atoms with E-state index in [-0.39, 0.29) is 5.91 Å². The van der Waals surface area contributed by atoms with Crippen LogP contribution >= 0.6 is 15.9 Å². The second kappa shape index (κ2) is 5.05. The van der Waals surface area contributed by atoms with Crippen molar-refractivity contribution in [1.82, 2.24) is 9.78 Å². The lowest BCUT2D eigenvalue weighted by atomic mass is 10.1. The molecule has 1 aromatic carbocycles. The summed E-state index contributed by atoms with van der Waals surface area (Å²) >= 11 is 3.31. The first kappa shape index (κ1) is 13.6. The van der Waals surface area contributed by atoms with Crippen molar-refractivity contribution in [2.75, 3.05) is 11.1 Å². The Morgan fingerprint density at radius 1 is 1.42 bits per heavy atom. The molecule has 3 N–H and O–H groups in total. The number of nitrogen functional groups attached to an aromatic ring is 1. The highest BCUT2D eigenvalue weighted by Gasteiger charge is 2.15. The highest BCUT2D eigenvalue weighted by Crippen LogP contribution is 2.22. The Bertz CT molecular complexity index is 648. The first-order valence-corrected chi connectivity index (χ1v) is 6.56. The molecular formula is C13H15BrN4O. The van der Waals surface area contributed by atoms with Crippen LogP contribution in [0, 0.1) is 13.8 Å². The SMILES string of the molecule is Cc1nn(C)c(C)c1NC(=O)c1ccc(Br)cc1N. The fourth-order valence-corrected chi connectivity index (χ4v) is 2.25. The molecule has 5 nitrogen and oxygen atoms in total. The molecule has 1 heterocycles. The Hall–Kier alpha value is -1.82. The lowest BCUT2D eigenvalue weighted by Crippen LogP contribution is -2.15. The number of nitrogens with two attached hydrogens (primary N) is 1. The number of rotatable bonds is 2. The molecule has 1 amide bonds. The fraction of sp³-hybridized carbons (Fsp3) is 0.231. The van der Waals surface area contributed by atoms with E-state index < -0.39 is 0 Å². The van der Waals surface area contributed by atoms with E-state index in [1.54, 1.807) is 22.9 Å². The lowest BCUT2D eigenvalue weighted by Gasteiger charge is -2.08. The van der Waals surface area contributed by atoms with Crippen LogP contribution in [0.25, 0.3) is 0 Å². The summed E-state index contributed by atoms with van der Waals surface area (Å²) in [5, 5.41) is 7.12. The van der Waals surface area contributed by atoms with Crippen molar-refractivity contribution in [3.05, 3.63) is 39.6 Å². The molecule has 100 valence electrons. The van der Waals surface area contributed by atoms with Crippen molar-refractivity contribution in [3.8, 4) is 0 Å². The molecule has 0 saturated heterocycles. The number of aromatic nitrogens is 2. The van der Waals surface area contributed by atoms with E-state index in [2.05, 4.69) is 26.3 Å². The van der Waals surface area contributed by atoms with Gasteiger partial charge in [0.15, 0.2) is 0 Å². The Balaban J connectivity index is 2.31.